The molecule has 0 radical (unpaired) electrons. The molecule has 0 bridgehead atoms. The molecule has 1 saturated carbocycles. The van der Waals surface area contributed by atoms with Gasteiger partial charge in [-0.3, -0.25) is 0 Å². The maximum Gasteiger partial charge on any atom is 0.407 e. The molecule has 1 atom stereocenters. The molecule has 0 aromatic rings. The molecule has 1 unspecified atom stereocenters. The van der Waals surface area contributed by atoms with Crippen LogP contribution in [0.15, 0.2) is 0 Å². The Balaban J connectivity index is 0.000000362. The van der Waals surface area contributed by atoms with Gasteiger partial charge in [-0.05, 0) is 38.8 Å². The van der Waals surface area contributed by atoms with E-state index in [-0.39, 0.29) is 6.10 Å². The second-order valence-electron chi connectivity index (χ2n) is 5.28. The van der Waals surface area contributed by atoms with E-state index in [1.165, 1.54) is 24.2 Å². The first-order chi connectivity index (χ1) is 8.97. The van der Waals surface area contributed by atoms with Crippen LogP contribution in [0.1, 0.15) is 46.0 Å². The number of nitrogens with zero attached hydrogens (tertiary/aromatic N) is 1. The van der Waals surface area contributed by atoms with E-state index in [0.717, 1.165) is 31.8 Å². The Morgan fingerprint density at radius 3 is 2.47 bits per heavy atom. The van der Waals surface area contributed by atoms with Crippen molar-refractivity contribution in [2.24, 2.45) is 5.92 Å². The van der Waals surface area contributed by atoms with Crippen LogP contribution in [0.2, 0.25) is 0 Å². The average molecular weight is 274 g/mol. The maximum absolute atomic E-state index is 10.3. The lowest BCUT2D eigenvalue weighted by Gasteiger charge is -2.26. The number of aliphatic hydroxyl groups is 1. The Morgan fingerprint density at radius 1 is 1.47 bits per heavy atom. The Bertz CT molecular complexity index is 231. The number of hydrogen-bond acceptors (Lipinski definition) is 3. The molecule has 1 aliphatic rings. The van der Waals surface area contributed by atoms with Gasteiger partial charge in [0.15, 0.2) is 0 Å². The standard InChI is InChI=1S/C8H15NO2.C6H15NO/c1-9(8(10)11)6-5-7-3-2-4-7;1-3-7-5-4-6(2)8/h7H,2-6H2,1H3,(H,10,11);6-8H,3-5H2,1-2H3. The molecule has 1 aliphatic carbocycles. The fourth-order valence-electron chi connectivity index (χ4n) is 1.74. The second kappa shape index (κ2) is 11.1. The molecule has 0 aliphatic heterocycles. The summed E-state index contributed by atoms with van der Waals surface area (Å²) in [5.74, 6) is 0.803. The zero-order chi connectivity index (χ0) is 14.7. The van der Waals surface area contributed by atoms with Crippen LogP contribution in [0.25, 0.3) is 0 Å². The monoisotopic (exact) mass is 274 g/mol. The molecule has 0 heterocycles. The first kappa shape index (κ1) is 18.2. The van der Waals surface area contributed by atoms with E-state index in [1.54, 1.807) is 14.0 Å². The maximum atomic E-state index is 10.3. The van der Waals surface area contributed by atoms with Gasteiger partial charge in [-0.25, -0.2) is 4.79 Å². The normalized spacial score (nSPS) is 16.0. The minimum atomic E-state index is -0.815. The van der Waals surface area contributed by atoms with Crippen molar-refractivity contribution in [2.45, 2.75) is 52.1 Å². The molecule has 1 fully saturated rings. The van der Waals surface area contributed by atoms with Crippen LogP contribution < -0.4 is 5.32 Å². The molecule has 5 nitrogen and oxygen atoms in total. The van der Waals surface area contributed by atoms with Crippen molar-refractivity contribution in [1.82, 2.24) is 10.2 Å². The van der Waals surface area contributed by atoms with E-state index in [2.05, 4.69) is 12.2 Å². The van der Waals surface area contributed by atoms with Crippen LogP contribution >= 0.6 is 0 Å². The highest BCUT2D eigenvalue weighted by Gasteiger charge is 2.18. The summed E-state index contributed by atoms with van der Waals surface area (Å²) >= 11 is 0. The molecule has 1 amide bonds. The number of aliphatic hydroxyl groups excluding tert-OH is 1. The van der Waals surface area contributed by atoms with E-state index in [4.69, 9.17) is 10.2 Å². The van der Waals surface area contributed by atoms with Crippen LogP contribution in [0.5, 0.6) is 0 Å². The van der Waals surface area contributed by atoms with Gasteiger partial charge in [0.1, 0.15) is 0 Å². The molecule has 19 heavy (non-hydrogen) atoms. The molecule has 0 spiro atoms. The minimum Gasteiger partial charge on any atom is -0.465 e. The summed E-state index contributed by atoms with van der Waals surface area (Å²) in [5, 5.41) is 20.4. The van der Waals surface area contributed by atoms with Gasteiger partial charge in [-0.1, -0.05) is 26.2 Å². The molecule has 0 saturated heterocycles. The molecular weight excluding hydrogens is 244 g/mol. The van der Waals surface area contributed by atoms with Gasteiger partial charge in [0.25, 0.3) is 0 Å². The van der Waals surface area contributed by atoms with Crippen molar-refractivity contribution in [1.29, 1.82) is 0 Å². The van der Waals surface area contributed by atoms with E-state index in [0.29, 0.717) is 6.54 Å². The molecule has 0 aromatic heterocycles. The molecule has 3 N–H and O–H groups in total. The Hall–Kier alpha value is -0.810. The quantitative estimate of drug-likeness (QED) is 0.622. The van der Waals surface area contributed by atoms with E-state index in [9.17, 15) is 4.79 Å². The largest absolute Gasteiger partial charge is 0.465 e. The lowest BCUT2D eigenvalue weighted by Crippen LogP contribution is -2.28. The van der Waals surface area contributed by atoms with E-state index in [1.807, 2.05) is 0 Å². The van der Waals surface area contributed by atoms with Crippen molar-refractivity contribution < 1.29 is 15.0 Å². The van der Waals surface area contributed by atoms with Crippen molar-refractivity contribution in [3.8, 4) is 0 Å². The molecular formula is C14H30N2O3. The predicted molar refractivity (Wildman–Crippen MR) is 77.5 cm³/mol. The van der Waals surface area contributed by atoms with Crippen LogP contribution in [0, 0.1) is 5.92 Å². The molecule has 5 heteroatoms. The summed E-state index contributed by atoms with van der Waals surface area (Å²) in [7, 11) is 1.63. The minimum absolute atomic E-state index is 0.158. The second-order valence-corrected chi connectivity index (χ2v) is 5.28. The number of hydrogen-bond donors (Lipinski definition) is 3. The van der Waals surface area contributed by atoms with Crippen LogP contribution in [-0.4, -0.2) is 54.0 Å². The Kier molecular flexibility index (Phi) is 10.6. The number of amides is 1. The highest BCUT2D eigenvalue weighted by atomic mass is 16.4. The van der Waals surface area contributed by atoms with E-state index < -0.39 is 6.09 Å². The molecule has 114 valence electrons. The van der Waals surface area contributed by atoms with Crippen LogP contribution in [-0.2, 0) is 0 Å². The van der Waals surface area contributed by atoms with Crippen LogP contribution in [0.3, 0.4) is 0 Å². The Labute approximate surface area is 117 Å². The highest BCUT2D eigenvalue weighted by molar-refractivity contribution is 5.64. The van der Waals surface area contributed by atoms with Gasteiger partial charge >= 0.3 is 6.09 Å². The SMILES string of the molecule is CCNCCC(C)O.CN(CCC1CCC1)C(=O)O. The van der Waals surface area contributed by atoms with Crippen molar-refractivity contribution >= 4 is 6.09 Å². The van der Waals surface area contributed by atoms with Crippen molar-refractivity contribution in [2.75, 3.05) is 26.7 Å². The highest BCUT2D eigenvalue weighted by Crippen LogP contribution is 2.29. The van der Waals surface area contributed by atoms with Gasteiger partial charge in [0, 0.05) is 13.6 Å². The average Bonchev–Trinajstić information content (AvgIpc) is 2.27. The first-order valence-electron chi connectivity index (χ1n) is 7.30. The third-order valence-electron chi connectivity index (χ3n) is 3.41. The number of nitrogens with one attached hydrogen (secondary N) is 1. The number of rotatable bonds is 7. The molecule has 0 aromatic carbocycles. The van der Waals surface area contributed by atoms with Gasteiger partial charge in [0.05, 0.1) is 6.10 Å². The van der Waals surface area contributed by atoms with Crippen LogP contribution in [0.4, 0.5) is 4.79 Å². The smallest absolute Gasteiger partial charge is 0.407 e. The summed E-state index contributed by atoms with van der Waals surface area (Å²) in [6.45, 7) is 6.47. The zero-order valence-corrected chi connectivity index (χ0v) is 12.6. The van der Waals surface area contributed by atoms with Gasteiger partial charge in [0.2, 0.25) is 0 Å². The summed E-state index contributed by atoms with van der Waals surface area (Å²) in [4.78, 5) is 11.7. The summed E-state index contributed by atoms with van der Waals surface area (Å²) in [5.41, 5.74) is 0. The van der Waals surface area contributed by atoms with Crippen molar-refractivity contribution in [3.05, 3.63) is 0 Å². The number of carbonyl (C=O) groups is 1. The fourth-order valence-corrected chi connectivity index (χ4v) is 1.74. The summed E-state index contributed by atoms with van der Waals surface area (Å²) in [6.07, 6.45) is 4.86. The van der Waals surface area contributed by atoms with E-state index >= 15 is 0 Å². The third kappa shape index (κ3) is 10.8. The predicted octanol–water partition coefficient (Wildman–Crippen LogP) is 2.15. The van der Waals surface area contributed by atoms with Gasteiger partial charge in [-0.15, -0.1) is 0 Å². The van der Waals surface area contributed by atoms with Crippen molar-refractivity contribution in [3.63, 3.8) is 0 Å². The summed E-state index contributed by atoms with van der Waals surface area (Å²) < 4.78 is 0. The zero-order valence-electron chi connectivity index (χ0n) is 12.6. The lowest BCUT2D eigenvalue weighted by molar-refractivity contribution is 0.149. The lowest BCUT2D eigenvalue weighted by atomic mass is 9.83. The third-order valence-corrected chi connectivity index (χ3v) is 3.41. The van der Waals surface area contributed by atoms with Gasteiger partial charge in [-0.2, -0.15) is 0 Å². The number of carboxylic acid groups (broad SMARTS) is 1. The van der Waals surface area contributed by atoms with Gasteiger partial charge < -0.3 is 20.4 Å². The summed E-state index contributed by atoms with van der Waals surface area (Å²) in [6, 6.07) is 0. The molecule has 1 rings (SSSR count). The topological polar surface area (TPSA) is 72.8 Å². The fraction of sp³-hybridized carbons (Fsp3) is 0.929. The Morgan fingerprint density at radius 2 is 2.11 bits per heavy atom. The first-order valence-corrected chi connectivity index (χ1v) is 7.30.